The van der Waals surface area contributed by atoms with Crippen LogP contribution in [0.15, 0.2) is 6.07 Å². The predicted molar refractivity (Wildman–Crippen MR) is 75.7 cm³/mol. The number of carbonyl (C=O) groups excluding carboxylic acids is 1. The molecule has 19 heavy (non-hydrogen) atoms. The van der Waals surface area contributed by atoms with Crippen molar-refractivity contribution in [1.82, 2.24) is 15.5 Å². The summed E-state index contributed by atoms with van der Waals surface area (Å²) in [6, 6.07) is 1.74. The first-order chi connectivity index (χ1) is 9.06. The van der Waals surface area contributed by atoms with Gasteiger partial charge < -0.3 is 10.2 Å². The summed E-state index contributed by atoms with van der Waals surface area (Å²) in [6.07, 6.45) is 2.02. The van der Waals surface area contributed by atoms with Gasteiger partial charge in [-0.1, -0.05) is 23.2 Å². The van der Waals surface area contributed by atoms with Crippen molar-refractivity contribution in [3.63, 3.8) is 0 Å². The fourth-order valence-electron chi connectivity index (χ4n) is 2.23. The summed E-state index contributed by atoms with van der Waals surface area (Å²) in [7, 11) is 0. The minimum absolute atomic E-state index is 0.0237. The van der Waals surface area contributed by atoms with E-state index in [4.69, 9.17) is 23.2 Å². The maximum atomic E-state index is 10.9. The molecule has 0 saturated carbocycles. The molecule has 5 nitrogen and oxygen atoms in total. The molecule has 1 saturated heterocycles. The highest BCUT2D eigenvalue weighted by Crippen LogP contribution is 2.29. The molecule has 1 amide bonds. The lowest BCUT2D eigenvalue weighted by Gasteiger charge is -2.33. The molecule has 104 valence electrons. The van der Waals surface area contributed by atoms with Gasteiger partial charge in [-0.25, -0.2) is 0 Å². The van der Waals surface area contributed by atoms with E-state index >= 15 is 0 Å². The third kappa shape index (κ3) is 3.94. The summed E-state index contributed by atoms with van der Waals surface area (Å²) in [5.41, 5.74) is 0.833. The Bertz CT molecular complexity index is 461. The molecule has 0 atom stereocenters. The number of rotatable bonds is 3. The Hall–Kier alpha value is -1.07. The average Bonchev–Trinajstić information content (AvgIpc) is 2.40. The smallest absolute Gasteiger partial charge is 0.216 e. The Morgan fingerprint density at radius 1 is 1.42 bits per heavy atom. The highest BCUT2D eigenvalue weighted by atomic mass is 35.5. The number of halogens is 2. The second-order valence-corrected chi connectivity index (χ2v) is 5.46. The lowest BCUT2D eigenvalue weighted by Crippen LogP contribution is -2.38. The summed E-state index contributed by atoms with van der Waals surface area (Å²) in [5, 5.41) is 11.1. The molecule has 1 fully saturated rings. The molecule has 0 aromatic carbocycles. The Labute approximate surface area is 122 Å². The zero-order valence-electron chi connectivity index (χ0n) is 10.7. The molecule has 1 aliphatic rings. The van der Waals surface area contributed by atoms with E-state index in [1.54, 1.807) is 13.0 Å². The van der Waals surface area contributed by atoms with Crippen LogP contribution in [0, 0.1) is 5.92 Å². The summed E-state index contributed by atoms with van der Waals surface area (Å²) in [4.78, 5) is 13.0. The van der Waals surface area contributed by atoms with E-state index in [0.29, 0.717) is 16.2 Å². The fourth-order valence-corrected chi connectivity index (χ4v) is 2.58. The van der Waals surface area contributed by atoms with Crippen molar-refractivity contribution in [2.45, 2.75) is 19.8 Å². The van der Waals surface area contributed by atoms with E-state index in [1.165, 1.54) is 0 Å². The number of nitrogens with zero attached hydrogens (tertiary/aromatic N) is 3. The number of nitrogens with one attached hydrogen (secondary N) is 1. The molecule has 2 rings (SSSR count). The Morgan fingerprint density at radius 2 is 2.11 bits per heavy atom. The predicted octanol–water partition coefficient (Wildman–Crippen LogP) is 2.14. The highest BCUT2D eigenvalue weighted by molar-refractivity contribution is 6.33. The van der Waals surface area contributed by atoms with Crippen LogP contribution in [-0.2, 0) is 4.79 Å². The quantitative estimate of drug-likeness (QED) is 0.929. The topological polar surface area (TPSA) is 58.1 Å². The van der Waals surface area contributed by atoms with Crippen LogP contribution in [0.3, 0.4) is 0 Å². The van der Waals surface area contributed by atoms with Gasteiger partial charge in [0.2, 0.25) is 5.91 Å². The second kappa shape index (κ2) is 6.39. The van der Waals surface area contributed by atoms with Gasteiger partial charge in [-0.15, -0.1) is 10.2 Å². The lowest BCUT2D eigenvalue weighted by molar-refractivity contribution is -0.119. The van der Waals surface area contributed by atoms with Gasteiger partial charge in [0.15, 0.2) is 10.3 Å². The zero-order chi connectivity index (χ0) is 13.8. The number of amides is 1. The second-order valence-electron chi connectivity index (χ2n) is 4.71. The van der Waals surface area contributed by atoms with E-state index < -0.39 is 0 Å². The lowest BCUT2D eigenvalue weighted by atomic mass is 9.96. The van der Waals surface area contributed by atoms with Crippen LogP contribution in [0.4, 0.5) is 5.69 Å². The van der Waals surface area contributed by atoms with E-state index in [0.717, 1.165) is 38.2 Å². The molecule has 1 aromatic rings. The van der Waals surface area contributed by atoms with Gasteiger partial charge in [0, 0.05) is 32.6 Å². The van der Waals surface area contributed by atoms with E-state index in [1.807, 2.05) is 0 Å². The van der Waals surface area contributed by atoms with Crippen LogP contribution in [0.25, 0.3) is 0 Å². The van der Waals surface area contributed by atoms with Gasteiger partial charge in [-0.3, -0.25) is 4.79 Å². The van der Waals surface area contributed by atoms with Crippen LogP contribution in [-0.4, -0.2) is 35.7 Å². The molecule has 0 radical (unpaired) electrons. The number of carbonyl (C=O) groups is 1. The monoisotopic (exact) mass is 302 g/mol. The summed E-state index contributed by atoms with van der Waals surface area (Å²) in [6.45, 7) is 4.05. The van der Waals surface area contributed by atoms with E-state index in [-0.39, 0.29) is 5.91 Å². The molecule has 0 aliphatic carbocycles. The maximum Gasteiger partial charge on any atom is 0.216 e. The van der Waals surface area contributed by atoms with Crippen molar-refractivity contribution >= 4 is 34.8 Å². The summed E-state index contributed by atoms with van der Waals surface area (Å²) >= 11 is 11.9. The summed E-state index contributed by atoms with van der Waals surface area (Å²) in [5.74, 6) is 0.541. The van der Waals surface area contributed by atoms with Gasteiger partial charge in [0.1, 0.15) is 0 Å². The third-order valence-electron chi connectivity index (χ3n) is 3.30. The first-order valence-electron chi connectivity index (χ1n) is 6.24. The van der Waals surface area contributed by atoms with Gasteiger partial charge in [-0.2, -0.15) is 0 Å². The molecule has 0 unspecified atom stereocenters. The number of anilines is 1. The van der Waals surface area contributed by atoms with Crippen LogP contribution < -0.4 is 10.2 Å². The van der Waals surface area contributed by atoms with Crippen molar-refractivity contribution in [2.75, 3.05) is 24.5 Å². The number of hydrogen-bond donors (Lipinski definition) is 1. The van der Waals surface area contributed by atoms with Crippen LogP contribution >= 0.6 is 23.2 Å². The van der Waals surface area contributed by atoms with Gasteiger partial charge in [-0.05, 0) is 18.8 Å². The minimum atomic E-state index is 0.0237. The molecule has 1 N–H and O–H groups in total. The van der Waals surface area contributed by atoms with Crippen LogP contribution in [0.2, 0.25) is 10.3 Å². The average molecular weight is 303 g/mol. The Morgan fingerprint density at radius 3 is 2.74 bits per heavy atom. The molecule has 2 heterocycles. The molecular weight excluding hydrogens is 287 g/mol. The van der Waals surface area contributed by atoms with Gasteiger partial charge in [0.05, 0.1) is 5.69 Å². The van der Waals surface area contributed by atoms with Gasteiger partial charge in [0.25, 0.3) is 0 Å². The SMILES string of the molecule is CC(=O)NCC1CCN(c2cc(Cl)nnc2Cl)CC1. The van der Waals surface area contributed by atoms with E-state index in [9.17, 15) is 4.79 Å². The van der Waals surface area contributed by atoms with E-state index in [2.05, 4.69) is 20.4 Å². The number of piperidine rings is 1. The molecule has 1 aliphatic heterocycles. The highest BCUT2D eigenvalue weighted by Gasteiger charge is 2.21. The minimum Gasteiger partial charge on any atom is -0.369 e. The largest absolute Gasteiger partial charge is 0.369 e. The molecule has 7 heteroatoms. The van der Waals surface area contributed by atoms with Crippen molar-refractivity contribution < 1.29 is 4.79 Å². The fraction of sp³-hybridized carbons (Fsp3) is 0.583. The Balaban J connectivity index is 1.92. The first kappa shape index (κ1) is 14.3. The van der Waals surface area contributed by atoms with Crippen molar-refractivity contribution in [3.8, 4) is 0 Å². The van der Waals surface area contributed by atoms with Crippen molar-refractivity contribution in [1.29, 1.82) is 0 Å². The molecule has 0 spiro atoms. The van der Waals surface area contributed by atoms with Gasteiger partial charge >= 0.3 is 0 Å². The number of hydrogen-bond acceptors (Lipinski definition) is 4. The van der Waals surface area contributed by atoms with Crippen LogP contribution in [0.1, 0.15) is 19.8 Å². The summed E-state index contributed by atoms with van der Waals surface area (Å²) < 4.78 is 0. The number of aromatic nitrogens is 2. The molecule has 1 aromatic heterocycles. The molecular formula is C12H16Cl2N4O. The normalized spacial score (nSPS) is 16.5. The first-order valence-corrected chi connectivity index (χ1v) is 7.00. The van der Waals surface area contributed by atoms with Crippen LogP contribution in [0.5, 0.6) is 0 Å². The zero-order valence-corrected chi connectivity index (χ0v) is 12.2. The Kier molecular flexibility index (Phi) is 4.82. The third-order valence-corrected chi connectivity index (χ3v) is 3.75. The standard InChI is InChI=1S/C12H16Cl2N4O/c1-8(19)15-7-9-2-4-18(5-3-9)10-6-11(13)16-17-12(10)14/h6,9H,2-5,7H2,1H3,(H,15,19). The van der Waals surface area contributed by atoms with Crippen molar-refractivity contribution in [2.24, 2.45) is 5.92 Å². The maximum absolute atomic E-state index is 10.9. The molecule has 0 bridgehead atoms. The van der Waals surface area contributed by atoms with Crippen molar-refractivity contribution in [3.05, 3.63) is 16.4 Å².